The van der Waals surface area contributed by atoms with Crippen LogP contribution in [-0.4, -0.2) is 77.8 Å². The zero-order chi connectivity index (χ0) is 33.4. The highest BCUT2D eigenvalue weighted by Crippen LogP contribution is 2.29. The van der Waals surface area contributed by atoms with Crippen molar-refractivity contribution in [3.05, 3.63) is 89.7 Å². The average molecular weight is 679 g/mol. The lowest BCUT2D eigenvalue weighted by molar-refractivity contribution is -0.113. The van der Waals surface area contributed by atoms with Crippen LogP contribution in [0.25, 0.3) is 5.69 Å². The Labute approximate surface area is 276 Å². The monoisotopic (exact) mass is 678 g/mol. The molecular formula is C32H34N6O7S2. The lowest BCUT2D eigenvalue weighted by atomic mass is 10.2. The minimum atomic E-state index is -3.59. The number of thioether (sulfide) groups is 1. The van der Waals surface area contributed by atoms with Gasteiger partial charge in [0.25, 0.3) is 5.91 Å². The molecular weight excluding hydrogens is 645 g/mol. The molecule has 0 radical (unpaired) electrons. The van der Waals surface area contributed by atoms with Crippen molar-refractivity contribution < 1.29 is 32.3 Å². The van der Waals surface area contributed by atoms with E-state index in [1.165, 1.54) is 35.7 Å². The number of hydrogen-bond donors (Lipinski definition) is 2. The van der Waals surface area contributed by atoms with Crippen LogP contribution in [0.4, 0.5) is 5.69 Å². The Morgan fingerprint density at radius 3 is 2.28 bits per heavy atom. The van der Waals surface area contributed by atoms with E-state index in [4.69, 9.17) is 9.47 Å². The molecule has 2 N–H and O–H groups in total. The van der Waals surface area contributed by atoms with Crippen LogP contribution < -0.4 is 15.4 Å². The van der Waals surface area contributed by atoms with E-state index in [0.717, 1.165) is 24.6 Å². The van der Waals surface area contributed by atoms with E-state index in [-0.39, 0.29) is 35.3 Å². The van der Waals surface area contributed by atoms with E-state index in [0.29, 0.717) is 46.8 Å². The van der Waals surface area contributed by atoms with Gasteiger partial charge in [0.05, 0.1) is 42.2 Å². The summed E-state index contributed by atoms with van der Waals surface area (Å²) in [6.45, 7) is 2.97. The zero-order valence-electron chi connectivity index (χ0n) is 25.8. The van der Waals surface area contributed by atoms with E-state index >= 15 is 0 Å². The van der Waals surface area contributed by atoms with Crippen molar-refractivity contribution in [1.82, 2.24) is 24.4 Å². The molecule has 5 rings (SSSR count). The number of esters is 1. The number of rotatable bonds is 13. The average Bonchev–Trinajstić information content (AvgIpc) is 3.78. The molecule has 2 amide bonds. The SMILES string of the molecule is CCOC(=O)c1ccc(NC(=O)CSc2nnc(CNC(=O)c3ccc(S(=O)(=O)N4CCCC4)cc3)n2-c2ccccc2OC)cc1. The number of carbonyl (C=O) groups excluding carboxylic acids is 3. The molecule has 2 heterocycles. The van der Waals surface area contributed by atoms with E-state index in [9.17, 15) is 22.8 Å². The van der Waals surface area contributed by atoms with Crippen LogP contribution >= 0.6 is 11.8 Å². The van der Waals surface area contributed by atoms with Crippen LogP contribution in [0.1, 0.15) is 46.3 Å². The Morgan fingerprint density at radius 1 is 0.915 bits per heavy atom. The lowest BCUT2D eigenvalue weighted by Crippen LogP contribution is -2.28. The van der Waals surface area contributed by atoms with Gasteiger partial charge in [0, 0.05) is 24.3 Å². The fraction of sp³-hybridized carbons (Fsp3) is 0.281. The molecule has 246 valence electrons. The van der Waals surface area contributed by atoms with Crippen LogP contribution in [0.2, 0.25) is 0 Å². The van der Waals surface area contributed by atoms with Gasteiger partial charge in [0.15, 0.2) is 11.0 Å². The van der Waals surface area contributed by atoms with Crippen LogP contribution in [0.15, 0.2) is 82.8 Å². The Balaban J connectivity index is 1.27. The quantitative estimate of drug-likeness (QED) is 0.157. The maximum Gasteiger partial charge on any atom is 0.338 e. The Morgan fingerprint density at radius 2 is 1.60 bits per heavy atom. The molecule has 0 unspecified atom stereocenters. The minimum Gasteiger partial charge on any atom is -0.495 e. The Kier molecular flexibility index (Phi) is 10.9. The molecule has 0 saturated carbocycles. The fourth-order valence-electron chi connectivity index (χ4n) is 4.91. The van der Waals surface area contributed by atoms with Gasteiger partial charge in [-0.1, -0.05) is 23.9 Å². The van der Waals surface area contributed by atoms with E-state index in [2.05, 4.69) is 20.8 Å². The van der Waals surface area contributed by atoms with Gasteiger partial charge in [0.1, 0.15) is 5.75 Å². The maximum atomic E-state index is 13.1. The Hall–Kier alpha value is -4.73. The molecule has 47 heavy (non-hydrogen) atoms. The number of sulfonamides is 1. The van der Waals surface area contributed by atoms with Gasteiger partial charge in [0.2, 0.25) is 15.9 Å². The highest BCUT2D eigenvalue weighted by Gasteiger charge is 2.27. The summed E-state index contributed by atoms with van der Waals surface area (Å²) in [7, 11) is -2.06. The topological polar surface area (TPSA) is 162 Å². The van der Waals surface area contributed by atoms with Crippen molar-refractivity contribution in [2.24, 2.45) is 0 Å². The van der Waals surface area contributed by atoms with E-state index in [1.54, 1.807) is 41.8 Å². The third kappa shape index (κ3) is 7.99. The number of aromatic nitrogens is 3. The van der Waals surface area contributed by atoms with Crippen LogP contribution in [0.3, 0.4) is 0 Å². The zero-order valence-corrected chi connectivity index (χ0v) is 27.5. The van der Waals surface area contributed by atoms with E-state index in [1.807, 2.05) is 18.2 Å². The number of amides is 2. The molecule has 1 saturated heterocycles. The normalized spacial score (nSPS) is 13.2. The van der Waals surface area contributed by atoms with Crippen molar-refractivity contribution >= 4 is 45.3 Å². The predicted molar refractivity (Wildman–Crippen MR) is 175 cm³/mol. The summed E-state index contributed by atoms with van der Waals surface area (Å²) in [5, 5.41) is 14.6. The first kappa shape index (κ1) is 33.6. The summed E-state index contributed by atoms with van der Waals surface area (Å²) in [4.78, 5) is 37.9. The van der Waals surface area contributed by atoms with Gasteiger partial charge in [-0.25, -0.2) is 13.2 Å². The van der Waals surface area contributed by atoms with Gasteiger partial charge in [-0.05, 0) is 80.4 Å². The van der Waals surface area contributed by atoms with Crippen molar-refractivity contribution in [1.29, 1.82) is 0 Å². The second kappa shape index (κ2) is 15.2. The third-order valence-corrected chi connectivity index (χ3v) is 10.1. The lowest BCUT2D eigenvalue weighted by Gasteiger charge is -2.16. The number of methoxy groups -OCH3 is 1. The summed E-state index contributed by atoms with van der Waals surface area (Å²) in [6.07, 6.45) is 1.67. The number of carbonyl (C=O) groups is 3. The summed E-state index contributed by atoms with van der Waals surface area (Å²) >= 11 is 1.14. The molecule has 1 aliphatic rings. The summed E-state index contributed by atoms with van der Waals surface area (Å²) in [5.41, 5.74) is 1.79. The molecule has 13 nitrogen and oxygen atoms in total. The number of hydrogen-bond acceptors (Lipinski definition) is 10. The van der Waals surface area contributed by atoms with Crippen LogP contribution in [-0.2, 0) is 26.1 Å². The van der Waals surface area contributed by atoms with E-state index < -0.39 is 21.9 Å². The first-order valence-electron chi connectivity index (χ1n) is 14.9. The first-order valence-corrected chi connectivity index (χ1v) is 17.3. The van der Waals surface area contributed by atoms with Crippen molar-refractivity contribution in [3.8, 4) is 11.4 Å². The van der Waals surface area contributed by atoms with Crippen molar-refractivity contribution in [2.75, 3.05) is 37.9 Å². The van der Waals surface area contributed by atoms with Gasteiger partial charge in [-0.3, -0.25) is 14.2 Å². The highest BCUT2D eigenvalue weighted by molar-refractivity contribution is 7.99. The molecule has 1 aromatic heterocycles. The van der Waals surface area contributed by atoms with Gasteiger partial charge < -0.3 is 20.1 Å². The van der Waals surface area contributed by atoms with Gasteiger partial charge in [-0.15, -0.1) is 10.2 Å². The molecule has 1 fully saturated rings. The number of ether oxygens (including phenoxy) is 2. The summed E-state index contributed by atoms with van der Waals surface area (Å²) < 4.78 is 39.4. The second-order valence-corrected chi connectivity index (χ2v) is 13.2. The van der Waals surface area contributed by atoms with Crippen molar-refractivity contribution in [3.63, 3.8) is 0 Å². The number of anilines is 1. The van der Waals surface area contributed by atoms with Crippen LogP contribution in [0, 0.1) is 0 Å². The molecule has 0 aliphatic carbocycles. The molecule has 0 atom stereocenters. The largest absolute Gasteiger partial charge is 0.495 e. The Bertz CT molecular complexity index is 1840. The predicted octanol–water partition coefficient (Wildman–Crippen LogP) is 3.90. The summed E-state index contributed by atoms with van der Waals surface area (Å²) in [5.74, 6) is -0.266. The smallest absolute Gasteiger partial charge is 0.338 e. The number of nitrogens with one attached hydrogen (secondary N) is 2. The minimum absolute atomic E-state index is 0.00798. The number of para-hydroxylation sites is 2. The van der Waals surface area contributed by atoms with Crippen LogP contribution in [0.5, 0.6) is 5.75 Å². The third-order valence-electron chi connectivity index (χ3n) is 7.26. The molecule has 3 aromatic carbocycles. The number of benzene rings is 3. The molecule has 0 bridgehead atoms. The standard InChI is InChI=1S/C32H34N6O7S2/c1-3-45-31(41)23-10-14-24(15-11-23)34-29(39)21-46-32-36-35-28(38(32)26-8-4-5-9-27(26)44-2)20-33-30(40)22-12-16-25(17-13-22)47(42,43)37-18-6-7-19-37/h4-5,8-17H,3,6-7,18-21H2,1-2H3,(H,33,40)(H,34,39). The molecule has 4 aromatic rings. The number of nitrogens with zero attached hydrogens (tertiary/aromatic N) is 4. The molecule has 15 heteroatoms. The van der Waals surface area contributed by atoms with Gasteiger partial charge in [-0.2, -0.15) is 4.31 Å². The molecule has 0 spiro atoms. The molecule has 1 aliphatic heterocycles. The summed E-state index contributed by atoms with van der Waals surface area (Å²) in [6, 6.07) is 19.4. The second-order valence-electron chi connectivity index (χ2n) is 10.4. The maximum absolute atomic E-state index is 13.1. The van der Waals surface area contributed by atoms with Gasteiger partial charge >= 0.3 is 5.97 Å². The highest BCUT2D eigenvalue weighted by atomic mass is 32.2. The fourth-order valence-corrected chi connectivity index (χ4v) is 7.19. The van der Waals surface area contributed by atoms with Crippen molar-refractivity contribution in [2.45, 2.75) is 36.4 Å². The first-order chi connectivity index (χ1) is 22.7.